The van der Waals surface area contributed by atoms with Gasteiger partial charge in [0.15, 0.2) is 0 Å². The molecular formula is C33H31Cl2N3O5. The highest BCUT2D eigenvalue weighted by Crippen LogP contribution is 2.62. The number of hydrogen-bond acceptors (Lipinski definition) is 6. The first-order chi connectivity index (χ1) is 20.8. The number of likely N-dealkylation sites (tertiary alicyclic amines) is 1. The minimum atomic E-state index is -1.12. The Bertz CT molecular complexity index is 1660. The van der Waals surface area contributed by atoms with E-state index >= 15 is 0 Å². The third-order valence-corrected chi connectivity index (χ3v) is 9.98. The predicted molar refractivity (Wildman–Crippen MR) is 164 cm³/mol. The molecule has 2 saturated heterocycles. The number of benzene rings is 3. The van der Waals surface area contributed by atoms with Crippen LogP contribution in [0.15, 0.2) is 60.7 Å². The predicted octanol–water partition coefficient (Wildman–Crippen LogP) is 5.87. The van der Waals surface area contributed by atoms with E-state index in [-0.39, 0.29) is 17.9 Å². The molecule has 4 aliphatic rings. The van der Waals surface area contributed by atoms with Crippen molar-refractivity contribution in [1.82, 2.24) is 4.90 Å². The second-order valence-electron chi connectivity index (χ2n) is 11.8. The number of methoxy groups -OCH3 is 2. The molecule has 222 valence electrons. The Hall–Kier alpha value is -3.59. The van der Waals surface area contributed by atoms with Crippen molar-refractivity contribution in [2.75, 3.05) is 37.5 Å². The molecule has 3 fully saturated rings. The van der Waals surface area contributed by atoms with Crippen molar-refractivity contribution in [2.45, 2.75) is 36.8 Å². The number of amides is 2. The van der Waals surface area contributed by atoms with Gasteiger partial charge in [-0.05, 0) is 73.2 Å². The molecule has 3 aromatic carbocycles. The van der Waals surface area contributed by atoms with Crippen LogP contribution in [0.4, 0.5) is 11.4 Å². The largest absolute Gasteiger partial charge is 0.495 e. The molecule has 4 atom stereocenters. The Morgan fingerprint density at radius 2 is 1.79 bits per heavy atom. The summed E-state index contributed by atoms with van der Waals surface area (Å²) in [6.07, 6.45) is 2.86. The molecule has 8 nitrogen and oxygen atoms in total. The Morgan fingerprint density at radius 3 is 2.51 bits per heavy atom. The van der Waals surface area contributed by atoms with Crippen LogP contribution in [0.2, 0.25) is 10.0 Å². The standard InChI is InChI=1S/C33H31Cl2N3O5/c1-42-27-15-20(31(40)43-2)8-11-25(27)37-13-12-26-28(30(37)39)29(19-4-3-5-21(34)14-19)33(38(26)17-18-6-7-18)23-10-9-22(35)16-24(23)36-32(33)41/h3-5,8-11,14-16,18,26,28-29H,6-7,12-13,17H2,1-2H3,(H,36,41)/t26-,28+,29-,33+/m0/s1. The molecule has 1 spiro atoms. The second kappa shape index (κ2) is 10.5. The lowest BCUT2D eigenvalue weighted by Gasteiger charge is -2.40. The van der Waals surface area contributed by atoms with Crippen LogP contribution in [0, 0.1) is 11.8 Å². The van der Waals surface area contributed by atoms with Crippen LogP contribution < -0.4 is 15.0 Å². The monoisotopic (exact) mass is 619 g/mol. The van der Waals surface area contributed by atoms with E-state index in [4.69, 9.17) is 32.7 Å². The van der Waals surface area contributed by atoms with Gasteiger partial charge < -0.3 is 19.7 Å². The van der Waals surface area contributed by atoms with Gasteiger partial charge in [-0.2, -0.15) is 0 Å². The average Bonchev–Trinajstić information content (AvgIpc) is 3.72. The Morgan fingerprint density at radius 1 is 1.00 bits per heavy atom. The van der Waals surface area contributed by atoms with Crippen molar-refractivity contribution in [2.24, 2.45) is 11.8 Å². The fraction of sp³-hybridized carbons (Fsp3) is 0.364. The molecule has 7 rings (SSSR count). The van der Waals surface area contributed by atoms with Gasteiger partial charge in [-0.15, -0.1) is 0 Å². The fourth-order valence-corrected chi connectivity index (χ4v) is 7.96. The van der Waals surface area contributed by atoms with E-state index in [1.165, 1.54) is 14.2 Å². The number of nitrogens with zero attached hydrogens (tertiary/aromatic N) is 2. The first-order valence-electron chi connectivity index (χ1n) is 14.5. The molecule has 3 aromatic rings. The molecule has 3 heterocycles. The quantitative estimate of drug-likeness (QED) is 0.347. The normalized spacial score (nSPS) is 26.3. The summed E-state index contributed by atoms with van der Waals surface area (Å²) in [6.45, 7) is 1.15. The molecule has 0 unspecified atom stereocenters. The van der Waals surface area contributed by atoms with Gasteiger partial charge in [0, 0.05) is 46.3 Å². The van der Waals surface area contributed by atoms with E-state index in [9.17, 15) is 14.4 Å². The second-order valence-corrected chi connectivity index (χ2v) is 12.7. The average molecular weight is 621 g/mol. The molecule has 2 amide bonds. The number of esters is 1. The van der Waals surface area contributed by atoms with Gasteiger partial charge in [0.1, 0.15) is 11.3 Å². The van der Waals surface area contributed by atoms with Crippen molar-refractivity contribution < 1.29 is 23.9 Å². The highest BCUT2D eigenvalue weighted by atomic mass is 35.5. The van der Waals surface area contributed by atoms with Crippen LogP contribution >= 0.6 is 23.2 Å². The molecule has 1 saturated carbocycles. The molecule has 0 bridgehead atoms. The van der Waals surface area contributed by atoms with E-state index in [1.54, 1.807) is 35.2 Å². The molecule has 10 heteroatoms. The number of fused-ring (bicyclic) bond motifs is 3. The third-order valence-electron chi connectivity index (χ3n) is 9.51. The molecule has 0 aromatic heterocycles. The summed E-state index contributed by atoms with van der Waals surface area (Å²) in [5, 5.41) is 4.20. The molecule has 1 aliphatic carbocycles. The Kier molecular flexibility index (Phi) is 6.91. The van der Waals surface area contributed by atoms with Gasteiger partial charge in [0.25, 0.3) is 0 Å². The molecule has 1 N–H and O–H groups in total. The number of halogens is 2. The van der Waals surface area contributed by atoms with Crippen molar-refractivity contribution in [3.63, 3.8) is 0 Å². The lowest BCUT2D eigenvalue weighted by Crippen LogP contribution is -2.54. The smallest absolute Gasteiger partial charge is 0.337 e. The van der Waals surface area contributed by atoms with Crippen molar-refractivity contribution in [1.29, 1.82) is 0 Å². The summed E-state index contributed by atoms with van der Waals surface area (Å²) in [7, 11) is 2.83. The zero-order chi connectivity index (χ0) is 30.0. The van der Waals surface area contributed by atoms with Gasteiger partial charge in [-0.25, -0.2) is 4.79 Å². The van der Waals surface area contributed by atoms with Crippen molar-refractivity contribution in [3.05, 3.63) is 87.4 Å². The van der Waals surface area contributed by atoms with E-state index in [0.717, 1.165) is 30.5 Å². The van der Waals surface area contributed by atoms with E-state index in [1.807, 2.05) is 30.3 Å². The number of carbonyl (C=O) groups excluding carboxylic acids is 3. The number of ether oxygens (including phenoxy) is 2. The lowest BCUT2D eigenvalue weighted by molar-refractivity contribution is -0.128. The summed E-state index contributed by atoms with van der Waals surface area (Å²) < 4.78 is 10.5. The highest BCUT2D eigenvalue weighted by molar-refractivity contribution is 6.31. The molecule has 0 radical (unpaired) electrons. The Balaban J connectivity index is 1.41. The number of rotatable bonds is 6. The maximum absolute atomic E-state index is 14.8. The molecule has 43 heavy (non-hydrogen) atoms. The van der Waals surface area contributed by atoms with Gasteiger partial charge in [0.05, 0.1) is 31.4 Å². The minimum absolute atomic E-state index is 0.0989. The molecule has 3 aliphatic heterocycles. The third kappa shape index (κ3) is 4.33. The summed E-state index contributed by atoms with van der Waals surface area (Å²) >= 11 is 12.9. The first-order valence-corrected chi connectivity index (χ1v) is 15.2. The van der Waals surface area contributed by atoms with Gasteiger partial charge in [-0.1, -0.05) is 41.4 Å². The summed E-state index contributed by atoms with van der Waals surface area (Å²) in [5.74, 6) is -0.942. The topological polar surface area (TPSA) is 88.2 Å². The van der Waals surface area contributed by atoms with Crippen LogP contribution in [-0.4, -0.2) is 56.0 Å². The summed E-state index contributed by atoms with van der Waals surface area (Å²) in [5.41, 5.74) is 2.13. The van der Waals surface area contributed by atoms with Crippen LogP contribution in [0.5, 0.6) is 5.75 Å². The van der Waals surface area contributed by atoms with E-state index in [2.05, 4.69) is 10.2 Å². The first kappa shape index (κ1) is 28.2. The fourth-order valence-electron chi connectivity index (χ4n) is 7.59. The van der Waals surface area contributed by atoms with Crippen molar-refractivity contribution >= 4 is 52.4 Å². The van der Waals surface area contributed by atoms with Crippen molar-refractivity contribution in [3.8, 4) is 5.75 Å². The van der Waals surface area contributed by atoms with E-state index in [0.29, 0.717) is 51.6 Å². The van der Waals surface area contributed by atoms with Gasteiger partial charge in [-0.3, -0.25) is 14.5 Å². The zero-order valence-electron chi connectivity index (χ0n) is 23.8. The SMILES string of the molecule is COC(=O)c1ccc(N2CC[C@H]3[C@@H](C2=O)[C@H](c2cccc(Cl)c2)[C@]2(C(=O)Nc4cc(Cl)ccc42)N3CC2CC2)c(OC)c1. The van der Waals surface area contributed by atoms with Gasteiger partial charge in [0.2, 0.25) is 11.8 Å². The maximum Gasteiger partial charge on any atom is 0.337 e. The van der Waals surface area contributed by atoms with Crippen LogP contribution in [0.25, 0.3) is 0 Å². The summed E-state index contributed by atoms with van der Waals surface area (Å²) in [6, 6.07) is 17.8. The number of anilines is 2. The van der Waals surface area contributed by atoms with Gasteiger partial charge >= 0.3 is 5.97 Å². The number of nitrogens with one attached hydrogen (secondary N) is 1. The number of carbonyl (C=O) groups is 3. The van der Waals surface area contributed by atoms with Crippen LogP contribution in [-0.2, 0) is 19.9 Å². The lowest BCUT2D eigenvalue weighted by atomic mass is 9.70. The maximum atomic E-state index is 14.8. The Labute approximate surface area is 259 Å². The minimum Gasteiger partial charge on any atom is -0.495 e. The molecular weight excluding hydrogens is 589 g/mol. The summed E-state index contributed by atoms with van der Waals surface area (Å²) in [4.78, 5) is 45.6. The highest BCUT2D eigenvalue weighted by Gasteiger charge is 2.69. The van der Waals surface area contributed by atoms with Crippen LogP contribution in [0.3, 0.4) is 0 Å². The zero-order valence-corrected chi connectivity index (χ0v) is 25.3. The van der Waals surface area contributed by atoms with Crippen LogP contribution in [0.1, 0.15) is 46.7 Å². The van der Waals surface area contributed by atoms with E-state index < -0.39 is 23.3 Å². The number of piperidine rings is 1. The number of hydrogen-bond donors (Lipinski definition) is 1.